The molecule has 0 bridgehead atoms. The molecule has 2 N–H and O–H groups in total. The summed E-state index contributed by atoms with van der Waals surface area (Å²) in [6.07, 6.45) is 2.88. The molecule has 1 saturated carbocycles. The van der Waals surface area contributed by atoms with Gasteiger partial charge in [-0.15, -0.1) is 13.2 Å². The number of benzene rings is 1. The Morgan fingerprint density at radius 2 is 1.71 bits per heavy atom. The summed E-state index contributed by atoms with van der Waals surface area (Å²) in [5, 5.41) is 0. The van der Waals surface area contributed by atoms with E-state index in [4.69, 9.17) is 20.3 Å². The van der Waals surface area contributed by atoms with Crippen molar-refractivity contribution in [2.24, 2.45) is 10.7 Å². The molecule has 5 heteroatoms. The fourth-order valence-electron chi connectivity index (χ4n) is 2.73. The Hall–Kier alpha value is -2.43. The lowest BCUT2D eigenvalue weighted by Crippen LogP contribution is -2.16. The minimum atomic E-state index is -1.34. The van der Waals surface area contributed by atoms with Crippen LogP contribution in [0.15, 0.2) is 48.0 Å². The average molecular weight is 393 g/mol. The zero-order chi connectivity index (χ0) is 22.1. The summed E-state index contributed by atoms with van der Waals surface area (Å²) in [5.74, 6) is 0.495. The van der Waals surface area contributed by atoms with Gasteiger partial charge in [-0.2, -0.15) is 0 Å². The van der Waals surface area contributed by atoms with Gasteiger partial charge in [0, 0.05) is 29.9 Å². The Morgan fingerprint density at radius 1 is 1.14 bits per heavy atom. The van der Waals surface area contributed by atoms with Crippen molar-refractivity contribution in [3.05, 3.63) is 48.6 Å². The van der Waals surface area contributed by atoms with E-state index in [9.17, 15) is 4.39 Å². The van der Waals surface area contributed by atoms with Gasteiger partial charge in [-0.3, -0.25) is 4.99 Å². The summed E-state index contributed by atoms with van der Waals surface area (Å²) in [6.45, 7) is 17.5. The normalized spacial score (nSPS) is 17.0. The number of alkyl halides is 1. The Kier molecular flexibility index (Phi) is 16.6. The van der Waals surface area contributed by atoms with Gasteiger partial charge in [0.2, 0.25) is 6.36 Å². The van der Waals surface area contributed by atoms with E-state index in [-0.39, 0.29) is 6.04 Å². The van der Waals surface area contributed by atoms with Gasteiger partial charge >= 0.3 is 0 Å². The maximum absolute atomic E-state index is 13.0. The lowest BCUT2D eigenvalue weighted by atomic mass is 9.89. The highest BCUT2D eigenvalue weighted by Crippen LogP contribution is 2.28. The molecule has 28 heavy (non-hydrogen) atoms. The van der Waals surface area contributed by atoms with Gasteiger partial charge in [-0.1, -0.05) is 26.0 Å². The third-order valence-electron chi connectivity index (χ3n) is 3.62. The van der Waals surface area contributed by atoms with E-state index >= 15 is 0 Å². The predicted molar refractivity (Wildman–Crippen MR) is 120 cm³/mol. The first-order valence-corrected chi connectivity index (χ1v) is 9.73. The highest BCUT2D eigenvalue weighted by atomic mass is 19.1. The number of hydrogen-bond acceptors (Lipinski definition) is 4. The summed E-state index contributed by atoms with van der Waals surface area (Å²) in [4.78, 5) is 12.7. The molecule has 1 aliphatic carbocycles. The number of nitrogens with zero attached hydrogens (tertiary/aromatic N) is 1. The third-order valence-corrected chi connectivity index (χ3v) is 3.62. The molecule has 158 valence electrons. The van der Waals surface area contributed by atoms with Gasteiger partial charge in [0.25, 0.3) is 0 Å². The first-order chi connectivity index (χ1) is 13.5. The predicted octanol–water partition coefficient (Wildman–Crippen LogP) is 6.12. The second-order valence-corrected chi connectivity index (χ2v) is 5.96. The summed E-state index contributed by atoms with van der Waals surface area (Å²) >= 11 is 0. The quantitative estimate of drug-likeness (QED) is 0.628. The van der Waals surface area contributed by atoms with Crippen LogP contribution in [0.5, 0.6) is 5.75 Å². The molecular weight excluding hydrogens is 355 g/mol. The summed E-state index contributed by atoms with van der Waals surface area (Å²) < 4.78 is 18.1. The third kappa shape index (κ3) is 10.0. The highest BCUT2D eigenvalue weighted by Gasteiger charge is 2.18. The van der Waals surface area contributed by atoms with Gasteiger partial charge in [-0.25, -0.2) is 4.39 Å². The topological polar surface area (TPSA) is 64.7 Å². The van der Waals surface area contributed by atoms with Crippen LogP contribution in [0.25, 0.3) is 5.70 Å². The van der Waals surface area contributed by atoms with E-state index < -0.39 is 6.36 Å². The fraction of sp³-hybridized carbons (Fsp3) is 0.478. The molecule has 1 unspecified atom stereocenters. The van der Waals surface area contributed by atoms with E-state index in [1.165, 1.54) is 6.92 Å². The average Bonchev–Trinajstić information content (AvgIpc) is 2.72. The largest absolute Gasteiger partial charge is 0.461 e. The van der Waals surface area contributed by atoms with Crippen LogP contribution in [-0.4, -0.2) is 24.9 Å². The molecule has 0 heterocycles. The smallest absolute Gasteiger partial charge is 0.235 e. The number of ether oxygens (including phenoxy) is 1. The molecule has 0 saturated heterocycles. The van der Waals surface area contributed by atoms with Crippen LogP contribution < -0.4 is 10.5 Å². The molecule has 1 aliphatic rings. The molecule has 0 spiro atoms. The summed E-state index contributed by atoms with van der Waals surface area (Å²) in [7, 11) is 0. The number of nitrogens with two attached hydrogens (primary N) is 1. The summed E-state index contributed by atoms with van der Waals surface area (Å²) in [6, 6.07) is 7.56. The van der Waals surface area contributed by atoms with Crippen molar-refractivity contribution in [2.45, 2.75) is 72.7 Å². The molecule has 1 aromatic carbocycles. The highest BCUT2D eigenvalue weighted by molar-refractivity contribution is 6.06. The first-order valence-electron chi connectivity index (χ1n) is 9.73. The van der Waals surface area contributed by atoms with Gasteiger partial charge in [0.1, 0.15) is 12.5 Å². The van der Waals surface area contributed by atoms with Crippen molar-refractivity contribution >= 4 is 18.2 Å². The standard InChI is InChI=1S/C18H25FN2O.C2H6.C2H4.CH2O/c1-12(2)21-17-10-5-4-9-16(17)18(20)14-7-6-8-15(11-14)22-13(3)19;3*1-2/h6-8,11-13H,4-5,9-10,20H2,1-3H3;1-2H3;1-2H2;1H2/b18-16-,21-17?;;;. The van der Waals surface area contributed by atoms with Crippen molar-refractivity contribution in [2.75, 3.05) is 0 Å². The number of rotatable bonds is 4. The minimum absolute atomic E-state index is 0.262. The van der Waals surface area contributed by atoms with Crippen LogP contribution in [0.1, 0.15) is 65.9 Å². The van der Waals surface area contributed by atoms with E-state index in [0.29, 0.717) is 5.75 Å². The molecule has 1 aromatic rings. The summed E-state index contributed by atoms with van der Waals surface area (Å²) in [5.41, 5.74) is 10.2. The second-order valence-electron chi connectivity index (χ2n) is 5.96. The van der Waals surface area contributed by atoms with E-state index in [0.717, 1.165) is 48.2 Å². The number of halogens is 1. The van der Waals surface area contributed by atoms with Crippen LogP contribution in [0, 0.1) is 0 Å². The van der Waals surface area contributed by atoms with Gasteiger partial charge in [0.15, 0.2) is 0 Å². The Labute approximate surface area is 170 Å². The Balaban J connectivity index is 0. The van der Waals surface area contributed by atoms with E-state index in [2.05, 4.69) is 27.0 Å². The second kappa shape index (κ2) is 16.7. The molecule has 4 nitrogen and oxygen atoms in total. The van der Waals surface area contributed by atoms with E-state index in [1.54, 1.807) is 12.1 Å². The van der Waals surface area contributed by atoms with Crippen LogP contribution in [0.2, 0.25) is 0 Å². The minimum Gasteiger partial charge on any atom is -0.461 e. The first kappa shape index (κ1) is 27.8. The SMILES string of the molecule is C=C.C=O.CC.CC(C)N=C1CCCC/C1=C(/N)c1cccc(OC(C)F)c1. The van der Waals surface area contributed by atoms with Crippen LogP contribution in [-0.2, 0) is 4.79 Å². The number of hydrogen-bond donors (Lipinski definition) is 1. The Bertz CT molecular complexity index is 608. The lowest BCUT2D eigenvalue weighted by Gasteiger charge is -2.21. The molecule has 0 aliphatic heterocycles. The number of allylic oxidation sites excluding steroid dienone is 1. The molecule has 0 aromatic heterocycles. The van der Waals surface area contributed by atoms with Gasteiger partial charge in [0.05, 0.1) is 0 Å². The maximum atomic E-state index is 13.0. The number of carbonyl (C=O) groups excluding carboxylic acids is 1. The number of aliphatic imine (C=N–C) groups is 1. The zero-order valence-electron chi connectivity index (χ0n) is 18.1. The zero-order valence-corrected chi connectivity index (χ0v) is 18.1. The van der Waals surface area contributed by atoms with Crippen molar-refractivity contribution in [3.63, 3.8) is 0 Å². The van der Waals surface area contributed by atoms with Crippen LogP contribution >= 0.6 is 0 Å². The van der Waals surface area contributed by atoms with Gasteiger partial charge < -0.3 is 15.3 Å². The van der Waals surface area contributed by atoms with Crippen LogP contribution in [0.4, 0.5) is 4.39 Å². The fourth-order valence-corrected chi connectivity index (χ4v) is 2.73. The molecule has 1 atom stereocenters. The molecule has 0 amide bonds. The van der Waals surface area contributed by atoms with Crippen LogP contribution in [0.3, 0.4) is 0 Å². The van der Waals surface area contributed by atoms with Crippen molar-refractivity contribution < 1.29 is 13.9 Å². The van der Waals surface area contributed by atoms with Crippen molar-refractivity contribution in [1.82, 2.24) is 0 Å². The van der Waals surface area contributed by atoms with Crippen molar-refractivity contribution in [1.29, 1.82) is 0 Å². The Morgan fingerprint density at radius 3 is 2.25 bits per heavy atom. The molecule has 2 rings (SSSR count). The lowest BCUT2D eigenvalue weighted by molar-refractivity contribution is -0.0980. The number of carbonyl (C=O) groups is 1. The monoisotopic (exact) mass is 392 g/mol. The van der Waals surface area contributed by atoms with Crippen molar-refractivity contribution in [3.8, 4) is 5.75 Å². The van der Waals surface area contributed by atoms with Gasteiger partial charge in [-0.05, 0) is 57.2 Å². The molecule has 1 fully saturated rings. The molecular formula is C23H37FN2O2. The van der Waals surface area contributed by atoms with E-state index in [1.807, 2.05) is 32.8 Å². The molecule has 0 radical (unpaired) electrons. The maximum Gasteiger partial charge on any atom is 0.235 e.